The minimum absolute atomic E-state index is 0.237. The summed E-state index contributed by atoms with van der Waals surface area (Å²) >= 11 is 0. The van der Waals surface area contributed by atoms with Crippen LogP contribution in [0.4, 0.5) is 4.39 Å². The molecule has 5 nitrogen and oxygen atoms in total. The van der Waals surface area contributed by atoms with Gasteiger partial charge in [0.1, 0.15) is 17.2 Å². The van der Waals surface area contributed by atoms with Crippen molar-refractivity contribution in [1.29, 1.82) is 0 Å². The number of hydrogen-bond donors (Lipinski definition) is 1. The molecule has 0 aliphatic rings. The van der Waals surface area contributed by atoms with Crippen molar-refractivity contribution in [1.82, 2.24) is 25.2 Å². The van der Waals surface area contributed by atoms with Crippen molar-refractivity contribution in [3.8, 4) is 11.3 Å². The molecular weight excluding hydrogens is 341 g/mol. The lowest BCUT2D eigenvalue weighted by Crippen LogP contribution is -2.21. The lowest BCUT2D eigenvalue weighted by atomic mass is 10.1. The molecule has 6 heteroatoms. The van der Waals surface area contributed by atoms with Crippen LogP contribution in [0.5, 0.6) is 0 Å². The fraction of sp³-hybridized carbons (Fsp3) is 0.333. The third-order valence-corrected chi connectivity index (χ3v) is 4.29. The maximum absolute atomic E-state index is 14.0. The van der Waals surface area contributed by atoms with E-state index in [2.05, 4.69) is 34.5 Å². The molecule has 0 bridgehead atoms. The third kappa shape index (κ3) is 5.45. The molecular formula is C21H26FN5. The number of aromatic nitrogens is 3. The van der Waals surface area contributed by atoms with Crippen LogP contribution in [0.15, 0.2) is 54.6 Å². The van der Waals surface area contributed by atoms with Gasteiger partial charge in [0, 0.05) is 17.7 Å². The van der Waals surface area contributed by atoms with Gasteiger partial charge in [-0.3, -0.25) is 0 Å². The molecule has 0 spiro atoms. The molecule has 142 valence electrons. The monoisotopic (exact) mass is 367 g/mol. The van der Waals surface area contributed by atoms with Crippen molar-refractivity contribution in [2.75, 3.05) is 27.2 Å². The molecule has 3 rings (SSSR count). The summed E-state index contributed by atoms with van der Waals surface area (Å²) in [7, 11) is 4.14. The second-order valence-corrected chi connectivity index (χ2v) is 6.82. The van der Waals surface area contributed by atoms with Gasteiger partial charge in [0.25, 0.3) is 0 Å². The maximum atomic E-state index is 14.0. The SMILES string of the molecule is CN(C)CCCNCc1nn(Cc2ccccc2F)nc1-c1ccccc1. The quantitative estimate of drug-likeness (QED) is 0.590. The molecule has 0 radical (unpaired) electrons. The number of nitrogens with one attached hydrogen (secondary N) is 1. The van der Waals surface area contributed by atoms with Gasteiger partial charge in [-0.05, 0) is 39.7 Å². The summed E-state index contributed by atoms with van der Waals surface area (Å²) < 4.78 is 14.0. The van der Waals surface area contributed by atoms with E-state index in [1.807, 2.05) is 36.4 Å². The van der Waals surface area contributed by atoms with Gasteiger partial charge in [0.2, 0.25) is 0 Å². The van der Waals surface area contributed by atoms with Crippen molar-refractivity contribution in [2.45, 2.75) is 19.5 Å². The molecule has 1 heterocycles. The van der Waals surface area contributed by atoms with Crippen molar-refractivity contribution in [3.05, 3.63) is 71.7 Å². The maximum Gasteiger partial charge on any atom is 0.128 e. The smallest absolute Gasteiger partial charge is 0.128 e. The van der Waals surface area contributed by atoms with Crippen LogP contribution in [0.25, 0.3) is 11.3 Å². The second kappa shape index (κ2) is 9.39. The van der Waals surface area contributed by atoms with Crippen LogP contribution in [0.2, 0.25) is 0 Å². The summed E-state index contributed by atoms with van der Waals surface area (Å²) in [6.07, 6.45) is 1.07. The average molecular weight is 367 g/mol. The zero-order chi connectivity index (χ0) is 19.1. The van der Waals surface area contributed by atoms with Gasteiger partial charge in [-0.15, -0.1) is 0 Å². The molecule has 0 fully saturated rings. The highest BCUT2D eigenvalue weighted by molar-refractivity contribution is 5.60. The molecule has 0 aliphatic carbocycles. The summed E-state index contributed by atoms with van der Waals surface area (Å²) in [5.74, 6) is -0.237. The first kappa shape index (κ1) is 19.2. The van der Waals surface area contributed by atoms with E-state index in [0.29, 0.717) is 18.7 Å². The Balaban J connectivity index is 1.76. The first-order valence-electron chi connectivity index (χ1n) is 9.22. The van der Waals surface area contributed by atoms with Crippen LogP contribution in [-0.2, 0) is 13.1 Å². The second-order valence-electron chi connectivity index (χ2n) is 6.82. The van der Waals surface area contributed by atoms with Gasteiger partial charge in [-0.1, -0.05) is 48.5 Å². The van der Waals surface area contributed by atoms with Crippen LogP contribution < -0.4 is 5.32 Å². The van der Waals surface area contributed by atoms with Gasteiger partial charge in [-0.2, -0.15) is 15.0 Å². The first-order chi connectivity index (χ1) is 13.1. The minimum atomic E-state index is -0.237. The zero-order valence-electron chi connectivity index (χ0n) is 15.9. The molecule has 1 aromatic heterocycles. The molecule has 0 aliphatic heterocycles. The van der Waals surface area contributed by atoms with Gasteiger partial charge in [0.15, 0.2) is 0 Å². The summed E-state index contributed by atoms with van der Waals surface area (Å²) in [6, 6.07) is 16.7. The van der Waals surface area contributed by atoms with E-state index in [0.717, 1.165) is 36.5 Å². The van der Waals surface area contributed by atoms with Crippen LogP contribution in [0.3, 0.4) is 0 Å². The number of nitrogens with zero attached hydrogens (tertiary/aromatic N) is 4. The Morgan fingerprint density at radius 1 is 1.00 bits per heavy atom. The Morgan fingerprint density at radius 3 is 2.48 bits per heavy atom. The molecule has 0 unspecified atom stereocenters. The Bertz CT molecular complexity index is 845. The van der Waals surface area contributed by atoms with Crippen molar-refractivity contribution < 1.29 is 4.39 Å². The summed E-state index contributed by atoms with van der Waals surface area (Å²) in [6.45, 7) is 2.90. The number of halogens is 1. The predicted octanol–water partition coefficient (Wildman–Crippen LogP) is 3.17. The summed E-state index contributed by atoms with van der Waals surface area (Å²) in [5.41, 5.74) is 3.31. The lowest BCUT2D eigenvalue weighted by molar-refractivity contribution is 0.394. The van der Waals surface area contributed by atoms with E-state index in [4.69, 9.17) is 0 Å². The van der Waals surface area contributed by atoms with Crippen molar-refractivity contribution in [3.63, 3.8) is 0 Å². The Hall–Kier alpha value is -2.57. The first-order valence-corrected chi connectivity index (χ1v) is 9.22. The molecule has 0 saturated heterocycles. The topological polar surface area (TPSA) is 46.0 Å². The van der Waals surface area contributed by atoms with Crippen molar-refractivity contribution in [2.24, 2.45) is 0 Å². The van der Waals surface area contributed by atoms with Crippen molar-refractivity contribution >= 4 is 0 Å². The van der Waals surface area contributed by atoms with Crippen LogP contribution >= 0.6 is 0 Å². The predicted molar refractivity (Wildman–Crippen MR) is 106 cm³/mol. The standard InChI is InChI=1S/C21H26FN5/c1-26(2)14-8-13-23-15-20-21(17-9-4-3-5-10-17)25-27(24-20)16-18-11-6-7-12-19(18)22/h3-7,9-12,23H,8,13-16H2,1-2H3. The number of hydrogen-bond acceptors (Lipinski definition) is 4. The highest BCUT2D eigenvalue weighted by Crippen LogP contribution is 2.20. The van der Waals surface area contributed by atoms with E-state index >= 15 is 0 Å². The van der Waals surface area contributed by atoms with E-state index in [1.165, 1.54) is 6.07 Å². The molecule has 0 amide bonds. The Kier molecular flexibility index (Phi) is 6.68. The van der Waals surface area contributed by atoms with Crippen LogP contribution in [0.1, 0.15) is 17.7 Å². The third-order valence-electron chi connectivity index (χ3n) is 4.29. The van der Waals surface area contributed by atoms with Gasteiger partial charge < -0.3 is 10.2 Å². The van der Waals surface area contributed by atoms with E-state index in [-0.39, 0.29) is 5.82 Å². The van der Waals surface area contributed by atoms with Gasteiger partial charge >= 0.3 is 0 Å². The highest BCUT2D eigenvalue weighted by Gasteiger charge is 2.14. The summed E-state index contributed by atoms with van der Waals surface area (Å²) in [4.78, 5) is 3.75. The van der Waals surface area contributed by atoms with Crippen LogP contribution in [-0.4, -0.2) is 47.1 Å². The largest absolute Gasteiger partial charge is 0.311 e. The molecule has 1 N–H and O–H groups in total. The van der Waals surface area contributed by atoms with E-state index in [9.17, 15) is 4.39 Å². The fourth-order valence-electron chi connectivity index (χ4n) is 2.90. The lowest BCUT2D eigenvalue weighted by Gasteiger charge is -2.09. The molecule has 27 heavy (non-hydrogen) atoms. The number of benzene rings is 2. The average Bonchev–Trinajstić information content (AvgIpc) is 3.06. The van der Waals surface area contributed by atoms with Gasteiger partial charge in [-0.25, -0.2) is 4.39 Å². The van der Waals surface area contributed by atoms with Crippen LogP contribution in [0, 0.1) is 5.82 Å². The number of rotatable bonds is 9. The summed E-state index contributed by atoms with van der Waals surface area (Å²) in [5, 5.41) is 12.7. The molecule has 3 aromatic rings. The van der Waals surface area contributed by atoms with Gasteiger partial charge in [0.05, 0.1) is 6.54 Å². The van der Waals surface area contributed by atoms with E-state index < -0.39 is 0 Å². The highest BCUT2D eigenvalue weighted by atomic mass is 19.1. The Labute approximate surface area is 159 Å². The van der Waals surface area contributed by atoms with E-state index in [1.54, 1.807) is 16.9 Å². The zero-order valence-corrected chi connectivity index (χ0v) is 15.9. The fourth-order valence-corrected chi connectivity index (χ4v) is 2.90. The minimum Gasteiger partial charge on any atom is -0.311 e. The Morgan fingerprint density at radius 2 is 1.74 bits per heavy atom. The normalized spacial score (nSPS) is 11.3. The molecule has 2 aromatic carbocycles. The molecule has 0 saturated carbocycles. The molecule has 0 atom stereocenters.